The molecule has 2 rings (SSSR count). The van der Waals surface area contributed by atoms with Gasteiger partial charge in [0, 0.05) is 19.1 Å². The highest BCUT2D eigenvalue weighted by atomic mass is 32.2. The van der Waals surface area contributed by atoms with Crippen LogP contribution in [0.2, 0.25) is 0 Å². The molecule has 2 unspecified atom stereocenters. The largest absolute Gasteiger partial charge is 0.335 e. The molecule has 1 aliphatic heterocycles. The van der Waals surface area contributed by atoms with E-state index in [1.807, 2.05) is 6.92 Å². The lowest BCUT2D eigenvalue weighted by Gasteiger charge is -2.33. The summed E-state index contributed by atoms with van der Waals surface area (Å²) in [5.41, 5.74) is 5.86. The first-order chi connectivity index (χ1) is 7.51. The second kappa shape index (κ2) is 4.15. The van der Waals surface area contributed by atoms with Crippen LogP contribution in [-0.4, -0.2) is 41.8 Å². The number of imidazole rings is 1. The molecule has 3 N–H and O–H groups in total. The lowest BCUT2D eigenvalue weighted by atomic mass is 9.96. The molecule has 16 heavy (non-hydrogen) atoms. The fraction of sp³-hybridized carbons (Fsp3) is 0.667. The van der Waals surface area contributed by atoms with Crippen LogP contribution in [0.5, 0.6) is 0 Å². The minimum Gasteiger partial charge on any atom is -0.335 e. The highest BCUT2D eigenvalue weighted by Gasteiger charge is 2.32. The summed E-state index contributed by atoms with van der Waals surface area (Å²) >= 11 is 0. The lowest BCUT2D eigenvalue weighted by Crippen LogP contribution is -2.48. The Morgan fingerprint density at radius 3 is 2.94 bits per heavy atom. The van der Waals surface area contributed by atoms with Gasteiger partial charge in [0.25, 0.3) is 10.0 Å². The van der Waals surface area contributed by atoms with Crippen molar-refractivity contribution in [2.24, 2.45) is 11.7 Å². The predicted molar refractivity (Wildman–Crippen MR) is 59.1 cm³/mol. The average Bonchev–Trinajstić information content (AvgIpc) is 2.75. The van der Waals surface area contributed by atoms with Crippen LogP contribution < -0.4 is 5.73 Å². The highest BCUT2D eigenvalue weighted by Crippen LogP contribution is 2.21. The van der Waals surface area contributed by atoms with Crippen molar-refractivity contribution in [3.05, 3.63) is 12.5 Å². The molecule has 0 spiro atoms. The van der Waals surface area contributed by atoms with Crippen molar-refractivity contribution in [2.75, 3.05) is 13.1 Å². The first-order valence-electron chi connectivity index (χ1n) is 5.26. The second-order valence-corrected chi connectivity index (χ2v) is 6.12. The van der Waals surface area contributed by atoms with Crippen LogP contribution in [0.15, 0.2) is 17.6 Å². The number of aromatic amines is 1. The highest BCUT2D eigenvalue weighted by molar-refractivity contribution is 7.89. The van der Waals surface area contributed by atoms with Gasteiger partial charge in [-0.05, 0) is 12.3 Å². The molecule has 0 amide bonds. The monoisotopic (exact) mass is 244 g/mol. The Kier molecular flexibility index (Phi) is 3.00. The number of aromatic nitrogens is 2. The minimum absolute atomic E-state index is 0.0909. The third kappa shape index (κ3) is 1.98. The maximum absolute atomic E-state index is 12.1. The number of rotatable bonds is 2. The van der Waals surface area contributed by atoms with Crippen molar-refractivity contribution in [3.63, 3.8) is 0 Å². The standard InChI is InChI=1S/C9H16N4O2S/c1-7-5-13(3-2-8(7)10)16(14,15)9-4-11-6-12-9/h4,6-8H,2-3,5,10H2,1H3,(H,11,12). The van der Waals surface area contributed by atoms with E-state index in [0.29, 0.717) is 19.5 Å². The number of piperidine rings is 1. The van der Waals surface area contributed by atoms with E-state index >= 15 is 0 Å². The summed E-state index contributed by atoms with van der Waals surface area (Å²) in [7, 11) is -3.42. The Bertz CT molecular complexity index is 442. The van der Waals surface area contributed by atoms with Crippen LogP contribution in [0.4, 0.5) is 0 Å². The molecular formula is C9H16N4O2S. The average molecular weight is 244 g/mol. The first-order valence-corrected chi connectivity index (χ1v) is 6.70. The number of nitrogens with one attached hydrogen (secondary N) is 1. The van der Waals surface area contributed by atoms with Crippen LogP contribution in [0.3, 0.4) is 0 Å². The van der Waals surface area contributed by atoms with E-state index in [0.717, 1.165) is 0 Å². The van der Waals surface area contributed by atoms with Crippen molar-refractivity contribution in [1.82, 2.24) is 14.3 Å². The van der Waals surface area contributed by atoms with E-state index in [9.17, 15) is 8.42 Å². The van der Waals surface area contributed by atoms with E-state index in [1.165, 1.54) is 16.8 Å². The third-order valence-corrected chi connectivity index (χ3v) is 4.82. The Morgan fingerprint density at radius 1 is 1.62 bits per heavy atom. The zero-order chi connectivity index (χ0) is 11.8. The minimum atomic E-state index is -3.42. The quantitative estimate of drug-likeness (QED) is 0.751. The van der Waals surface area contributed by atoms with E-state index in [2.05, 4.69) is 9.97 Å². The third-order valence-electron chi connectivity index (χ3n) is 3.03. The number of nitrogens with zero attached hydrogens (tertiary/aromatic N) is 2. The summed E-state index contributed by atoms with van der Waals surface area (Å²) in [6.07, 6.45) is 3.40. The molecule has 1 aromatic rings. The molecule has 1 aromatic heterocycles. The molecule has 0 aliphatic carbocycles. The molecule has 2 heterocycles. The Hall–Kier alpha value is -0.920. The van der Waals surface area contributed by atoms with Crippen LogP contribution >= 0.6 is 0 Å². The van der Waals surface area contributed by atoms with Gasteiger partial charge in [-0.25, -0.2) is 13.4 Å². The number of hydrogen-bond acceptors (Lipinski definition) is 4. The van der Waals surface area contributed by atoms with E-state index in [4.69, 9.17) is 5.73 Å². The molecule has 0 radical (unpaired) electrons. The van der Waals surface area contributed by atoms with Gasteiger partial charge in [0.05, 0.1) is 12.5 Å². The van der Waals surface area contributed by atoms with Crippen LogP contribution in [0.1, 0.15) is 13.3 Å². The van der Waals surface area contributed by atoms with Crippen LogP contribution in [0.25, 0.3) is 0 Å². The molecule has 1 fully saturated rings. The zero-order valence-corrected chi connectivity index (χ0v) is 9.94. The van der Waals surface area contributed by atoms with Gasteiger partial charge in [0.1, 0.15) is 0 Å². The van der Waals surface area contributed by atoms with Gasteiger partial charge in [-0.15, -0.1) is 0 Å². The number of nitrogens with two attached hydrogens (primary N) is 1. The molecular weight excluding hydrogens is 228 g/mol. The lowest BCUT2D eigenvalue weighted by molar-refractivity contribution is 0.249. The molecule has 7 heteroatoms. The maximum Gasteiger partial charge on any atom is 0.260 e. The molecule has 1 aliphatic rings. The van der Waals surface area contributed by atoms with Gasteiger partial charge >= 0.3 is 0 Å². The first kappa shape index (κ1) is 11.6. The summed E-state index contributed by atoms with van der Waals surface area (Å²) in [4.78, 5) is 6.36. The summed E-state index contributed by atoms with van der Waals surface area (Å²) in [5.74, 6) is 0.187. The van der Waals surface area contributed by atoms with Crippen molar-refractivity contribution in [1.29, 1.82) is 0 Å². The topological polar surface area (TPSA) is 92.1 Å². The molecule has 2 atom stereocenters. The van der Waals surface area contributed by atoms with Gasteiger partial charge in [0.2, 0.25) is 0 Å². The number of sulfonamides is 1. The van der Waals surface area contributed by atoms with Crippen molar-refractivity contribution < 1.29 is 8.42 Å². The van der Waals surface area contributed by atoms with Gasteiger partial charge in [0.15, 0.2) is 5.03 Å². The van der Waals surface area contributed by atoms with Gasteiger partial charge in [-0.1, -0.05) is 6.92 Å². The molecule has 1 saturated heterocycles. The Morgan fingerprint density at radius 2 is 2.38 bits per heavy atom. The smallest absolute Gasteiger partial charge is 0.260 e. The molecule has 6 nitrogen and oxygen atoms in total. The van der Waals surface area contributed by atoms with Crippen LogP contribution in [-0.2, 0) is 10.0 Å². The fourth-order valence-corrected chi connectivity index (χ4v) is 3.32. The molecule has 0 aromatic carbocycles. The zero-order valence-electron chi connectivity index (χ0n) is 9.13. The summed E-state index contributed by atoms with van der Waals surface area (Å²) < 4.78 is 25.7. The van der Waals surface area contributed by atoms with E-state index in [1.54, 1.807) is 0 Å². The number of hydrogen-bond donors (Lipinski definition) is 2. The summed E-state index contributed by atoms with van der Waals surface area (Å²) in [6.45, 7) is 2.93. The normalized spacial score (nSPS) is 28.1. The van der Waals surface area contributed by atoms with E-state index in [-0.39, 0.29) is 17.0 Å². The molecule has 0 bridgehead atoms. The number of H-pyrrole nitrogens is 1. The Balaban J connectivity index is 2.20. The fourth-order valence-electron chi connectivity index (χ4n) is 1.87. The predicted octanol–water partition coefficient (Wildman–Crippen LogP) is -0.232. The van der Waals surface area contributed by atoms with Crippen molar-refractivity contribution in [3.8, 4) is 0 Å². The summed E-state index contributed by atoms with van der Waals surface area (Å²) in [6, 6.07) is 0.0909. The van der Waals surface area contributed by atoms with Crippen molar-refractivity contribution >= 4 is 10.0 Å². The van der Waals surface area contributed by atoms with Gasteiger partial charge in [-0.3, -0.25) is 0 Å². The van der Waals surface area contributed by atoms with Gasteiger partial charge in [-0.2, -0.15) is 4.31 Å². The molecule has 0 saturated carbocycles. The van der Waals surface area contributed by atoms with Crippen LogP contribution in [0, 0.1) is 5.92 Å². The SMILES string of the molecule is CC1CN(S(=O)(=O)c2cnc[nH]2)CCC1N. The second-order valence-electron chi connectivity index (χ2n) is 4.21. The van der Waals surface area contributed by atoms with Crippen molar-refractivity contribution in [2.45, 2.75) is 24.4 Å². The van der Waals surface area contributed by atoms with E-state index < -0.39 is 10.0 Å². The molecule has 90 valence electrons. The Labute approximate surface area is 94.9 Å². The summed E-state index contributed by atoms with van der Waals surface area (Å²) in [5, 5.41) is 0.148. The van der Waals surface area contributed by atoms with Gasteiger partial charge < -0.3 is 10.7 Å². The maximum atomic E-state index is 12.1.